The topological polar surface area (TPSA) is 97.7 Å². The Hall–Kier alpha value is -3.15. The van der Waals surface area contributed by atoms with Gasteiger partial charge >= 0.3 is 5.97 Å². The minimum Gasteiger partial charge on any atom is -0.872 e. The number of rotatable bonds is 2. The van der Waals surface area contributed by atoms with Crippen molar-refractivity contribution in [3.05, 3.63) is 59.2 Å². The van der Waals surface area contributed by atoms with Gasteiger partial charge in [-0.2, -0.15) is 0 Å². The Bertz CT molecular complexity index is 779. The summed E-state index contributed by atoms with van der Waals surface area (Å²) in [6.45, 7) is 0. The summed E-state index contributed by atoms with van der Waals surface area (Å²) in [5.41, 5.74) is 0.409. The molecule has 3 rings (SSSR count). The summed E-state index contributed by atoms with van der Waals surface area (Å²) < 4.78 is 0. The molecule has 104 valence electrons. The number of amides is 2. The van der Waals surface area contributed by atoms with E-state index in [9.17, 15) is 19.5 Å². The first-order chi connectivity index (χ1) is 9.99. The third kappa shape index (κ3) is 1.93. The molecule has 0 spiro atoms. The van der Waals surface area contributed by atoms with Gasteiger partial charge in [0.05, 0.1) is 22.4 Å². The third-order valence-electron chi connectivity index (χ3n) is 3.23. The monoisotopic (exact) mass is 282 g/mol. The van der Waals surface area contributed by atoms with Crippen molar-refractivity contribution in [2.45, 2.75) is 0 Å². The number of carbonyl (C=O) groups is 3. The predicted molar refractivity (Wildman–Crippen MR) is 70.4 cm³/mol. The molecule has 0 atom stereocenters. The number of carbonyl (C=O) groups excluding carboxylic acids is 2. The molecule has 0 saturated carbocycles. The van der Waals surface area contributed by atoms with Gasteiger partial charge < -0.3 is 10.2 Å². The summed E-state index contributed by atoms with van der Waals surface area (Å²) in [5.74, 6) is -2.54. The number of nitrogens with zero attached hydrogens (tertiary/aromatic N) is 1. The molecule has 21 heavy (non-hydrogen) atoms. The summed E-state index contributed by atoms with van der Waals surface area (Å²) in [6, 6.07) is 9.03. The van der Waals surface area contributed by atoms with Crippen molar-refractivity contribution in [3.63, 3.8) is 0 Å². The van der Waals surface area contributed by atoms with Crippen LogP contribution in [-0.4, -0.2) is 22.9 Å². The van der Waals surface area contributed by atoms with Crippen LogP contribution < -0.4 is 10.0 Å². The number of imide groups is 1. The molecule has 0 unspecified atom stereocenters. The molecule has 2 aromatic carbocycles. The average molecular weight is 282 g/mol. The van der Waals surface area contributed by atoms with Crippen LogP contribution in [0, 0.1) is 0 Å². The third-order valence-corrected chi connectivity index (χ3v) is 3.23. The maximum Gasteiger partial charge on any atom is 0.335 e. The zero-order valence-electron chi connectivity index (χ0n) is 10.6. The van der Waals surface area contributed by atoms with E-state index in [0.29, 0.717) is 0 Å². The largest absolute Gasteiger partial charge is 0.872 e. The minimum atomic E-state index is -1.17. The summed E-state index contributed by atoms with van der Waals surface area (Å²) in [7, 11) is 0. The van der Waals surface area contributed by atoms with Crippen LogP contribution in [-0.2, 0) is 0 Å². The van der Waals surface area contributed by atoms with Crippen molar-refractivity contribution in [2.75, 3.05) is 4.90 Å². The maximum atomic E-state index is 12.3. The van der Waals surface area contributed by atoms with Crippen molar-refractivity contribution in [1.82, 2.24) is 0 Å². The number of fused-ring (bicyclic) bond motifs is 1. The molecule has 0 aliphatic carbocycles. The summed E-state index contributed by atoms with van der Waals surface area (Å²) in [5, 5.41) is 20.0. The highest BCUT2D eigenvalue weighted by molar-refractivity contribution is 6.34. The maximum absolute atomic E-state index is 12.3. The first-order valence-electron chi connectivity index (χ1n) is 6.02. The lowest BCUT2D eigenvalue weighted by Gasteiger charge is -2.15. The smallest absolute Gasteiger partial charge is 0.335 e. The van der Waals surface area contributed by atoms with Crippen LogP contribution >= 0.6 is 0 Å². The molecular formula is C15H8NO5-. The Kier molecular flexibility index (Phi) is 2.72. The van der Waals surface area contributed by atoms with Crippen molar-refractivity contribution >= 4 is 23.5 Å². The molecule has 6 heteroatoms. The number of aromatic carboxylic acids is 1. The molecule has 2 amide bonds. The molecule has 6 nitrogen and oxygen atoms in total. The molecule has 2 aromatic rings. The Morgan fingerprint density at radius 3 is 2.19 bits per heavy atom. The van der Waals surface area contributed by atoms with Gasteiger partial charge in [0.1, 0.15) is 0 Å². The van der Waals surface area contributed by atoms with E-state index in [0.717, 1.165) is 4.90 Å². The van der Waals surface area contributed by atoms with E-state index in [-0.39, 0.29) is 28.1 Å². The molecule has 0 aromatic heterocycles. The molecule has 1 heterocycles. The number of benzene rings is 2. The Morgan fingerprint density at radius 1 is 0.952 bits per heavy atom. The van der Waals surface area contributed by atoms with Crippen LogP contribution in [0.3, 0.4) is 0 Å². The normalized spacial score (nSPS) is 13.4. The van der Waals surface area contributed by atoms with Crippen LogP contribution in [0.25, 0.3) is 0 Å². The van der Waals surface area contributed by atoms with Gasteiger partial charge in [-0.15, -0.1) is 5.75 Å². The van der Waals surface area contributed by atoms with E-state index >= 15 is 0 Å². The van der Waals surface area contributed by atoms with Crippen molar-refractivity contribution in [3.8, 4) is 5.75 Å². The standard InChI is InChI=1S/C15H9NO5/c17-10-4-2-9(3-5-10)16-13(18)11-6-1-8(15(20)21)7-12(11)14(16)19/h1-7,17H,(H,20,21)/p-1. The van der Waals surface area contributed by atoms with Crippen LogP contribution in [0.4, 0.5) is 5.69 Å². The van der Waals surface area contributed by atoms with Crippen LogP contribution in [0.5, 0.6) is 5.75 Å². The molecular weight excluding hydrogens is 274 g/mol. The first kappa shape index (κ1) is 12.9. The lowest BCUT2D eigenvalue weighted by molar-refractivity contribution is -0.268. The zero-order chi connectivity index (χ0) is 15.1. The van der Waals surface area contributed by atoms with E-state index in [1.165, 1.54) is 42.5 Å². The number of hydrogen-bond acceptors (Lipinski definition) is 4. The van der Waals surface area contributed by atoms with E-state index in [2.05, 4.69) is 0 Å². The molecule has 1 aliphatic rings. The number of anilines is 1. The van der Waals surface area contributed by atoms with E-state index in [1.807, 2.05) is 0 Å². The lowest BCUT2D eigenvalue weighted by Crippen LogP contribution is -2.29. The van der Waals surface area contributed by atoms with E-state index in [4.69, 9.17) is 5.11 Å². The number of hydrogen-bond donors (Lipinski definition) is 1. The number of carboxylic acids is 1. The van der Waals surface area contributed by atoms with Crippen LogP contribution in [0.2, 0.25) is 0 Å². The highest BCUT2D eigenvalue weighted by Crippen LogP contribution is 2.29. The second kappa shape index (κ2) is 4.45. The van der Waals surface area contributed by atoms with Gasteiger partial charge in [0.2, 0.25) is 0 Å². The molecule has 0 bridgehead atoms. The van der Waals surface area contributed by atoms with Crippen LogP contribution in [0.15, 0.2) is 42.5 Å². The molecule has 0 fully saturated rings. The molecule has 1 aliphatic heterocycles. The quantitative estimate of drug-likeness (QED) is 0.836. The number of carboxylic acid groups (broad SMARTS) is 1. The highest BCUT2D eigenvalue weighted by Gasteiger charge is 2.37. The minimum absolute atomic E-state index is 0.0473. The summed E-state index contributed by atoms with van der Waals surface area (Å²) >= 11 is 0. The van der Waals surface area contributed by atoms with Gasteiger partial charge in [-0.25, -0.2) is 9.69 Å². The second-order valence-electron chi connectivity index (χ2n) is 4.51. The molecule has 0 saturated heterocycles. The lowest BCUT2D eigenvalue weighted by atomic mass is 10.1. The van der Waals surface area contributed by atoms with Gasteiger partial charge in [-0.1, -0.05) is 12.1 Å². The summed E-state index contributed by atoms with van der Waals surface area (Å²) in [4.78, 5) is 36.4. The van der Waals surface area contributed by atoms with Gasteiger partial charge in [-0.3, -0.25) is 9.59 Å². The SMILES string of the molecule is O=C(O)c1ccc2c(c1)C(=O)N(c1ccc([O-])cc1)C2=O. The highest BCUT2D eigenvalue weighted by atomic mass is 16.4. The average Bonchev–Trinajstić information content (AvgIpc) is 2.72. The van der Waals surface area contributed by atoms with Gasteiger partial charge in [0, 0.05) is 0 Å². The van der Waals surface area contributed by atoms with Crippen molar-refractivity contribution in [1.29, 1.82) is 0 Å². The summed E-state index contributed by atoms with van der Waals surface area (Å²) in [6.07, 6.45) is 0. The molecule has 0 radical (unpaired) electrons. The van der Waals surface area contributed by atoms with Gasteiger partial charge in [-0.05, 0) is 30.3 Å². The fourth-order valence-corrected chi connectivity index (χ4v) is 2.20. The van der Waals surface area contributed by atoms with Crippen molar-refractivity contribution < 1.29 is 24.6 Å². The Balaban J connectivity index is 2.08. The fourth-order valence-electron chi connectivity index (χ4n) is 2.20. The van der Waals surface area contributed by atoms with Crippen LogP contribution in [0.1, 0.15) is 31.1 Å². The van der Waals surface area contributed by atoms with Crippen molar-refractivity contribution in [2.24, 2.45) is 0 Å². The Labute approximate surface area is 118 Å². The predicted octanol–water partition coefficient (Wildman–Crippen LogP) is 1.26. The fraction of sp³-hybridized carbons (Fsp3) is 0. The zero-order valence-corrected chi connectivity index (χ0v) is 10.6. The van der Waals surface area contributed by atoms with Gasteiger partial charge in [0.25, 0.3) is 11.8 Å². The second-order valence-corrected chi connectivity index (χ2v) is 4.51. The van der Waals surface area contributed by atoms with E-state index in [1.54, 1.807) is 0 Å². The molecule has 1 N–H and O–H groups in total. The Morgan fingerprint density at radius 2 is 1.57 bits per heavy atom. The van der Waals surface area contributed by atoms with Gasteiger partial charge in [0.15, 0.2) is 0 Å². The van der Waals surface area contributed by atoms with E-state index < -0.39 is 17.8 Å². The first-order valence-corrected chi connectivity index (χ1v) is 6.02.